The average Bonchev–Trinajstić information content (AvgIpc) is 3.40. The Balaban J connectivity index is 1.56. The molecule has 0 saturated carbocycles. The molecule has 0 aliphatic heterocycles. The Labute approximate surface area is 165 Å². The van der Waals surface area contributed by atoms with E-state index in [4.69, 9.17) is 9.40 Å². The second kappa shape index (κ2) is 6.27. The highest BCUT2D eigenvalue weighted by Crippen LogP contribution is 2.33. The standard InChI is InChI=1S/C20H20N6OS/c1-5-15-13(4)28-20-17(15)19-22-18(24-26(19)10-21-20)16-7-6-14(27-16)9-25-12(3)8-11(2)23-25/h6-8,10H,5,9H2,1-4H3. The number of aryl methyl sites for hydroxylation is 4. The van der Waals surface area contributed by atoms with Gasteiger partial charge in [-0.2, -0.15) is 5.10 Å². The fourth-order valence-corrected chi connectivity index (χ4v) is 4.74. The van der Waals surface area contributed by atoms with Crippen LogP contribution in [0.1, 0.15) is 34.5 Å². The third-order valence-corrected chi connectivity index (χ3v) is 6.03. The highest BCUT2D eigenvalue weighted by atomic mass is 32.1. The first kappa shape index (κ1) is 17.1. The lowest BCUT2D eigenvalue weighted by Gasteiger charge is -2.00. The molecule has 7 nitrogen and oxygen atoms in total. The largest absolute Gasteiger partial charge is 0.456 e. The van der Waals surface area contributed by atoms with E-state index in [0.29, 0.717) is 18.1 Å². The molecule has 8 heteroatoms. The molecule has 0 amide bonds. The average molecular weight is 392 g/mol. The Kier molecular flexibility index (Phi) is 3.83. The smallest absolute Gasteiger partial charge is 0.217 e. The van der Waals surface area contributed by atoms with E-state index in [0.717, 1.165) is 39.4 Å². The van der Waals surface area contributed by atoms with E-state index in [1.807, 2.05) is 30.7 Å². The topological polar surface area (TPSA) is 74.0 Å². The van der Waals surface area contributed by atoms with E-state index >= 15 is 0 Å². The first-order valence-corrected chi connectivity index (χ1v) is 10.1. The minimum atomic E-state index is 0.569. The van der Waals surface area contributed by atoms with Gasteiger partial charge in [0.2, 0.25) is 5.82 Å². The first-order valence-electron chi connectivity index (χ1n) is 9.27. The molecule has 5 rings (SSSR count). The Hall–Kier alpha value is -3.00. The van der Waals surface area contributed by atoms with Gasteiger partial charge < -0.3 is 4.42 Å². The van der Waals surface area contributed by atoms with Crippen molar-refractivity contribution in [3.8, 4) is 11.6 Å². The SMILES string of the molecule is CCc1c(C)sc2ncn3nc(-c4ccc(Cn5nc(C)cc5C)o4)nc3c12. The van der Waals surface area contributed by atoms with Crippen LogP contribution in [0.2, 0.25) is 0 Å². The molecular formula is C20H20N6OS. The number of thiophene rings is 1. The molecule has 0 spiro atoms. The van der Waals surface area contributed by atoms with Crippen LogP contribution in [0.3, 0.4) is 0 Å². The van der Waals surface area contributed by atoms with Crippen LogP contribution in [0.5, 0.6) is 0 Å². The van der Waals surface area contributed by atoms with Crippen molar-refractivity contribution in [1.82, 2.24) is 29.4 Å². The molecule has 0 saturated heterocycles. The number of aromatic nitrogens is 6. The van der Waals surface area contributed by atoms with E-state index in [1.54, 1.807) is 22.2 Å². The van der Waals surface area contributed by atoms with Gasteiger partial charge >= 0.3 is 0 Å². The van der Waals surface area contributed by atoms with E-state index in [-0.39, 0.29) is 0 Å². The van der Waals surface area contributed by atoms with Crippen molar-refractivity contribution in [3.63, 3.8) is 0 Å². The summed E-state index contributed by atoms with van der Waals surface area (Å²) in [6.45, 7) is 8.91. The molecular weight excluding hydrogens is 372 g/mol. The van der Waals surface area contributed by atoms with Gasteiger partial charge in [-0.3, -0.25) is 4.68 Å². The molecule has 0 atom stereocenters. The van der Waals surface area contributed by atoms with Crippen molar-refractivity contribution < 1.29 is 4.42 Å². The molecule has 5 aromatic heterocycles. The molecule has 142 valence electrons. The maximum absolute atomic E-state index is 6.02. The first-order chi connectivity index (χ1) is 13.5. The van der Waals surface area contributed by atoms with Crippen LogP contribution in [-0.4, -0.2) is 29.4 Å². The summed E-state index contributed by atoms with van der Waals surface area (Å²) in [6, 6.07) is 5.93. The van der Waals surface area contributed by atoms with Crippen molar-refractivity contribution in [2.75, 3.05) is 0 Å². The van der Waals surface area contributed by atoms with Crippen molar-refractivity contribution in [2.24, 2.45) is 0 Å². The number of hydrogen-bond donors (Lipinski definition) is 0. The van der Waals surface area contributed by atoms with Gasteiger partial charge in [-0.05, 0) is 51.0 Å². The molecule has 0 aliphatic carbocycles. The summed E-state index contributed by atoms with van der Waals surface area (Å²) < 4.78 is 9.70. The van der Waals surface area contributed by atoms with Gasteiger partial charge in [0.05, 0.1) is 17.6 Å². The predicted molar refractivity (Wildman–Crippen MR) is 109 cm³/mol. The minimum Gasteiger partial charge on any atom is -0.456 e. The number of rotatable bonds is 4. The van der Waals surface area contributed by atoms with Crippen molar-refractivity contribution in [2.45, 2.75) is 40.7 Å². The number of hydrogen-bond acceptors (Lipinski definition) is 6. The molecule has 0 aromatic carbocycles. The Morgan fingerprint density at radius 2 is 2.00 bits per heavy atom. The predicted octanol–water partition coefficient (Wildman–Crippen LogP) is 4.33. The summed E-state index contributed by atoms with van der Waals surface area (Å²) in [5.41, 5.74) is 4.23. The van der Waals surface area contributed by atoms with Crippen molar-refractivity contribution in [1.29, 1.82) is 0 Å². The molecule has 0 radical (unpaired) electrons. The summed E-state index contributed by atoms with van der Waals surface area (Å²) >= 11 is 1.71. The number of furan rings is 1. The van der Waals surface area contributed by atoms with Gasteiger partial charge in [0, 0.05) is 10.6 Å². The third kappa shape index (κ3) is 2.63. The summed E-state index contributed by atoms with van der Waals surface area (Å²) in [5, 5.41) is 10.2. The van der Waals surface area contributed by atoms with E-state index < -0.39 is 0 Å². The molecule has 5 heterocycles. The molecule has 0 bridgehead atoms. The molecule has 0 N–H and O–H groups in total. The summed E-state index contributed by atoms with van der Waals surface area (Å²) in [5.74, 6) is 2.04. The third-order valence-electron chi connectivity index (χ3n) is 4.97. The summed E-state index contributed by atoms with van der Waals surface area (Å²) in [6.07, 6.45) is 2.67. The molecule has 5 aromatic rings. The normalized spacial score (nSPS) is 11.9. The molecule has 0 fully saturated rings. The second-order valence-corrected chi connectivity index (χ2v) is 8.17. The maximum atomic E-state index is 6.02. The van der Waals surface area contributed by atoms with Crippen LogP contribution in [0.15, 0.2) is 28.9 Å². The highest BCUT2D eigenvalue weighted by molar-refractivity contribution is 7.18. The molecule has 28 heavy (non-hydrogen) atoms. The molecule has 0 unspecified atom stereocenters. The van der Waals surface area contributed by atoms with Crippen LogP contribution in [0, 0.1) is 20.8 Å². The Morgan fingerprint density at radius 1 is 1.14 bits per heavy atom. The highest BCUT2D eigenvalue weighted by Gasteiger charge is 2.18. The van der Waals surface area contributed by atoms with Crippen LogP contribution in [-0.2, 0) is 13.0 Å². The van der Waals surface area contributed by atoms with Crippen molar-refractivity contribution in [3.05, 3.63) is 52.1 Å². The van der Waals surface area contributed by atoms with Gasteiger partial charge in [-0.25, -0.2) is 14.5 Å². The zero-order valence-electron chi connectivity index (χ0n) is 16.2. The number of nitrogens with zero attached hydrogens (tertiary/aromatic N) is 6. The maximum Gasteiger partial charge on any atom is 0.217 e. The lowest BCUT2D eigenvalue weighted by atomic mass is 10.1. The van der Waals surface area contributed by atoms with Gasteiger partial charge in [-0.15, -0.1) is 16.4 Å². The van der Waals surface area contributed by atoms with Crippen molar-refractivity contribution >= 4 is 27.2 Å². The minimum absolute atomic E-state index is 0.569. The van der Waals surface area contributed by atoms with Gasteiger partial charge in [-0.1, -0.05) is 6.92 Å². The summed E-state index contributed by atoms with van der Waals surface area (Å²) in [7, 11) is 0. The second-order valence-electron chi connectivity index (χ2n) is 6.97. The van der Waals surface area contributed by atoms with Gasteiger partial charge in [0.15, 0.2) is 11.4 Å². The zero-order chi connectivity index (χ0) is 19.4. The van der Waals surface area contributed by atoms with E-state index in [2.05, 4.69) is 35.1 Å². The zero-order valence-corrected chi connectivity index (χ0v) is 17.0. The summed E-state index contributed by atoms with van der Waals surface area (Å²) in [4.78, 5) is 11.6. The quantitative estimate of drug-likeness (QED) is 0.455. The monoisotopic (exact) mass is 392 g/mol. The van der Waals surface area contributed by atoms with Crippen LogP contribution < -0.4 is 0 Å². The van der Waals surface area contributed by atoms with Gasteiger partial charge in [0.25, 0.3) is 0 Å². The van der Waals surface area contributed by atoms with Crippen LogP contribution in [0.25, 0.3) is 27.4 Å². The lowest BCUT2D eigenvalue weighted by molar-refractivity contribution is 0.483. The van der Waals surface area contributed by atoms with Gasteiger partial charge in [0.1, 0.15) is 16.9 Å². The molecule has 0 aliphatic rings. The fourth-order valence-electron chi connectivity index (χ4n) is 3.66. The lowest BCUT2D eigenvalue weighted by Crippen LogP contribution is -2.02. The Morgan fingerprint density at radius 3 is 2.75 bits per heavy atom. The van der Waals surface area contributed by atoms with E-state index in [1.165, 1.54) is 10.4 Å². The number of fused-ring (bicyclic) bond motifs is 3. The Bertz CT molecular complexity index is 1320. The fraction of sp³-hybridized carbons (Fsp3) is 0.300. The van der Waals surface area contributed by atoms with E-state index in [9.17, 15) is 0 Å². The van der Waals surface area contributed by atoms with Crippen LogP contribution in [0.4, 0.5) is 0 Å². The van der Waals surface area contributed by atoms with Crippen LogP contribution >= 0.6 is 11.3 Å².